The van der Waals surface area contributed by atoms with Crippen molar-refractivity contribution in [3.63, 3.8) is 0 Å². The van der Waals surface area contributed by atoms with E-state index in [9.17, 15) is 15.0 Å². The minimum Gasteiger partial charge on any atom is -0.492 e. The number of hydrogen-bond acceptors (Lipinski definition) is 6. The summed E-state index contributed by atoms with van der Waals surface area (Å²) in [5, 5.41) is 20.6. The number of hydrogen-bond donors (Lipinski definition) is 4. The average Bonchev–Trinajstić information content (AvgIpc) is 2.74. The van der Waals surface area contributed by atoms with E-state index in [0.29, 0.717) is 21.6 Å². The zero-order valence-electron chi connectivity index (χ0n) is 11.2. The quantitative estimate of drug-likeness (QED) is 0.525. The number of nitrogens with two attached hydrogens (primary N) is 2. The SMILES string of the molecule is NC(=O)On1c(O)cc(-c2ccc3cc(N)ccc3n2)c1O. The fourth-order valence-electron chi connectivity index (χ4n) is 2.13. The predicted molar refractivity (Wildman–Crippen MR) is 79.1 cm³/mol. The molecule has 8 nitrogen and oxygen atoms in total. The molecule has 112 valence electrons. The van der Waals surface area contributed by atoms with Gasteiger partial charge < -0.3 is 26.5 Å². The maximum atomic E-state index is 10.8. The van der Waals surface area contributed by atoms with Crippen LogP contribution >= 0.6 is 0 Å². The van der Waals surface area contributed by atoms with Crippen LogP contribution in [0.4, 0.5) is 10.5 Å². The molecule has 0 atom stereocenters. The Morgan fingerprint density at radius 2 is 1.95 bits per heavy atom. The number of pyridine rings is 1. The van der Waals surface area contributed by atoms with Gasteiger partial charge in [-0.3, -0.25) is 0 Å². The molecule has 0 bridgehead atoms. The van der Waals surface area contributed by atoms with Crippen LogP contribution in [0.15, 0.2) is 36.4 Å². The molecule has 1 amide bonds. The van der Waals surface area contributed by atoms with E-state index in [0.717, 1.165) is 5.39 Å². The van der Waals surface area contributed by atoms with E-state index in [1.165, 1.54) is 6.07 Å². The molecule has 8 heteroatoms. The molecule has 0 fully saturated rings. The van der Waals surface area contributed by atoms with Crippen LogP contribution in [0.2, 0.25) is 0 Å². The Morgan fingerprint density at radius 3 is 2.68 bits per heavy atom. The molecule has 0 saturated heterocycles. The highest BCUT2D eigenvalue weighted by molar-refractivity contribution is 5.85. The maximum absolute atomic E-state index is 10.8. The number of anilines is 1. The van der Waals surface area contributed by atoms with E-state index < -0.39 is 17.9 Å². The molecule has 0 radical (unpaired) electrons. The summed E-state index contributed by atoms with van der Waals surface area (Å²) in [4.78, 5) is 19.6. The highest BCUT2D eigenvalue weighted by Crippen LogP contribution is 2.34. The van der Waals surface area contributed by atoms with Crippen LogP contribution in [0.5, 0.6) is 11.8 Å². The minimum absolute atomic E-state index is 0.192. The smallest absolute Gasteiger partial charge is 0.429 e. The second-order valence-electron chi connectivity index (χ2n) is 4.59. The first-order valence-corrected chi connectivity index (χ1v) is 6.24. The van der Waals surface area contributed by atoms with Gasteiger partial charge in [-0.05, 0) is 24.3 Å². The van der Waals surface area contributed by atoms with Gasteiger partial charge in [0.05, 0.1) is 16.8 Å². The van der Waals surface area contributed by atoms with Crippen molar-refractivity contribution in [3.05, 3.63) is 36.4 Å². The molecule has 6 N–H and O–H groups in total. The zero-order chi connectivity index (χ0) is 15.9. The minimum atomic E-state index is -1.17. The lowest BCUT2D eigenvalue weighted by molar-refractivity contribution is 0.117. The summed E-state index contributed by atoms with van der Waals surface area (Å²) in [7, 11) is 0. The summed E-state index contributed by atoms with van der Waals surface area (Å²) >= 11 is 0. The molecule has 3 rings (SSSR count). The second-order valence-corrected chi connectivity index (χ2v) is 4.59. The molecule has 22 heavy (non-hydrogen) atoms. The number of rotatable bonds is 2. The Morgan fingerprint density at radius 1 is 1.18 bits per heavy atom. The number of nitrogens with zero attached hydrogens (tertiary/aromatic N) is 2. The second kappa shape index (κ2) is 4.85. The number of benzene rings is 1. The van der Waals surface area contributed by atoms with Gasteiger partial charge in [0.15, 0.2) is 0 Å². The third-order valence-electron chi connectivity index (χ3n) is 3.09. The molecule has 0 saturated carbocycles. The van der Waals surface area contributed by atoms with Crippen molar-refractivity contribution in [2.75, 3.05) is 5.73 Å². The normalized spacial score (nSPS) is 10.7. The lowest BCUT2D eigenvalue weighted by Crippen LogP contribution is -2.24. The first-order valence-electron chi connectivity index (χ1n) is 6.24. The fourth-order valence-corrected chi connectivity index (χ4v) is 2.13. The number of aromatic hydroxyl groups is 2. The number of primary amides is 1. The first kappa shape index (κ1) is 13.6. The number of carbonyl (C=O) groups excluding carboxylic acids is 1. The lowest BCUT2D eigenvalue weighted by Gasteiger charge is -2.05. The molecule has 2 heterocycles. The van der Waals surface area contributed by atoms with E-state index in [4.69, 9.17) is 11.5 Å². The molecule has 3 aromatic rings. The average molecular weight is 300 g/mol. The highest BCUT2D eigenvalue weighted by Gasteiger charge is 2.19. The molecular weight excluding hydrogens is 288 g/mol. The van der Waals surface area contributed by atoms with Crippen LogP contribution < -0.4 is 16.3 Å². The van der Waals surface area contributed by atoms with Crippen LogP contribution in [0.3, 0.4) is 0 Å². The topological polar surface area (TPSA) is 137 Å². The molecule has 1 aromatic carbocycles. The monoisotopic (exact) mass is 300 g/mol. The summed E-state index contributed by atoms with van der Waals surface area (Å²) in [5.41, 5.74) is 12.4. The number of aromatic nitrogens is 2. The molecule has 2 aromatic heterocycles. The Hall–Kier alpha value is -3.42. The number of carbonyl (C=O) groups is 1. The van der Waals surface area contributed by atoms with Crippen LogP contribution in [0.25, 0.3) is 22.2 Å². The van der Waals surface area contributed by atoms with Crippen molar-refractivity contribution in [2.24, 2.45) is 5.73 Å². The molecule has 0 aliphatic heterocycles. The molecule has 0 aliphatic carbocycles. The van der Waals surface area contributed by atoms with Gasteiger partial charge in [-0.2, -0.15) is 0 Å². The van der Waals surface area contributed by atoms with Gasteiger partial charge in [-0.25, -0.2) is 9.78 Å². The Kier molecular flexibility index (Phi) is 2.99. The van der Waals surface area contributed by atoms with Crippen LogP contribution in [-0.2, 0) is 0 Å². The highest BCUT2D eigenvalue weighted by atomic mass is 16.7. The molecular formula is C14H12N4O4. The summed E-state index contributed by atoms with van der Waals surface area (Å²) in [6.45, 7) is 0. The van der Waals surface area contributed by atoms with Crippen LogP contribution in [0, 0.1) is 0 Å². The molecule has 0 spiro atoms. The van der Waals surface area contributed by atoms with Gasteiger partial charge in [0, 0.05) is 17.1 Å². The van der Waals surface area contributed by atoms with Crippen LogP contribution in [-0.4, -0.2) is 26.0 Å². The van der Waals surface area contributed by atoms with E-state index in [2.05, 4.69) is 9.82 Å². The van der Waals surface area contributed by atoms with Gasteiger partial charge >= 0.3 is 6.09 Å². The van der Waals surface area contributed by atoms with E-state index >= 15 is 0 Å². The van der Waals surface area contributed by atoms with Crippen molar-refractivity contribution >= 4 is 22.7 Å². The first-order chi connectivity index (χ1) is 10.5. The van der Waals surface area contributed by atoms with Crippen molar-refractivity contribution in [3.8, 4) is 23.0 Å². The van der Waals surface area contributed by atoms with Gasteiger partial charge in [-0.15, -0.1) is 4.73 Å². The number of amides is 1. The third-order valence-corrected chi connectivity index (χ3v) is 3.09. The molecule has 0 unspecified atom stereocenters. The van der Waals surface area contributed by atoms with E-state index in [-0.39, 0.29) is 5.56 Å². The Labute approximate surface area is 124 Å². The number of nitrogen functional groups attached to an aromatic ring is 1. The third kappa shape index (κ3) is 2.22. The van der Waals surface area contributed by atoms with Crippen LogP contribution in [0.1, 0.15) is 0 Å². The Balaban J connectivity index is 2.11. The van der Waals surface area contributed by atoms with Crippen molar-refractivity contribution in [2.45, 2.75) is 0 Å². The summed E-state index contributed by atoms with van der Waals surface area (Å²) in [6, 6.07) is 9.84. The molecule has 0 aliphatic rings. The largest absolute Gasteiger partial charge is 0.492 e. The standard InChI is InChI=1S/C14H12N4O4/c15-8-2-4-10-7(5-8)1-3-11(17-10)9-6-12(19)18(13(9)20)22-14(16)21/h1-6,19-20H,15H2,(H2,16,21). The summed E-state index contributed by atoms with van der Waals surface area (Å²) in [5.74, 6) is -0.968. The van der Waals surface area contributed by atoms with Gasteiger partial charge in [0.2, 0.25) is 11.8 Å². The van der Waals surface area contributed by atoms with Gasteiger partial charge in [-0.1, -0.05) is 6.07 Å². The van der Waals surface area contributed by atoms with Gasteiger partial charge in [0.1, 0.15) is 0 Å². The van der Waals surface area contributed by atoms with Crippen molar-refractivity contribution < 1.29 is 19.8 Å². The number of fused-ring (bicyclic) bond motifs is 1. The van der Waals surface area contributed by atoms with E-state index in [1.54, 1.807) is 30.3 Å². The Bertz CT molecular complexity index is 888. The lowest BCUT2D eigenvalue weighted by atomic mass is 10.1. The fraction of sp³-hybridized carbons (Fsp3) is 0. The summed E-state index contributed by atoms with van der Waals surface area (Å²) in [6.07, 6.45) is -1.17. The predicted octanol–water partition coefficient (Wildman–Crippen LogP) is 1.20. The maximum Gasteiger partial charge on any atom is 0.429 e. The van der Waals surface area contributed by atoms with E-state index in [1.807, 2.05) is 0 Å². The summed E-state index contributed by atoms with van der Waals surface area (Å²) < 4.78 is 0.520. The van der Waals surface area contributed by atoms with Crippen molar-refractivity contribution in [1.82, 2.24) is 9.71 Å². The van der Waals surface area contributed by atoms with Gasteiger partial charge in [0.25, 0.3) is 0 Å². The zero-order valence-corrected chi connectivity index (χ0v) is 11.2. The van der Waals surface area contributed by atoms with Crippen molar-refractivity contribution in [1.29, 1.82) is 0 Å².